The van der Waals surface area contributed by atoms with Crippen LogP contribution in [0.3, 0.4) is 0 Å². The van der Waals surface area contributed by atoms with Gasteiger partial charge in [-0.25, -0.2) is 14.6 Å². The molecule has 11 heteroatoms. The lowest BCUT2D eigenvalue weighted by molar-refractivity contribution is -0.139. The molecule has 0 fully saturated rings. The van der Waals surface area contributed by atoms with Crippen LogP contribution >= 0.6 is 11.3 Å². The maximum absolute atomic E-state index is 14.0. The zero-order valence-electron chi connectivity index (χ0n) is 24.3. The molecule has 0 aliphatic carbocycles. The second kappa shape index (κ2) is 12.5. The number of esters is 2. The van der Waals surface area contributed by atoms with E-state index in [1.54, 1.807) is 82.5 Å². The summed E-state index contributed by atoms with van der Waals surface area (Å²) in [6.45, 7) is 5.62. The number of carbonyl (C=O) groups excluding carboxylic acids is 2. The quantitative estimate of drug-likeness (QED) is 0.261. The van der Waals surface area contributed by atoms with E-state index in [0.29, 0.717) is 54.7 Å². The smallest absolute Gasteiger partial charge is 0.338 e. The Morgan fingerprint density at radius 1 is 1.00 bits per heavy atom. The standard InChI is InChI=1S/C32H30N2O8S/c1-6-40-30(36)20-10-8-9-19(15-20)24-14-12-22(42-24)17-26-29(35)34-28(23-13-11-21(38-4)16-25(23)39-5)27(31(37)41-7-2)18(3)33-32(34)43-26/h8-17,28H,6-7H2,1-5H3/b26-17-. The minimum Gasteiger partial charge on any atom is -0.497 e. The average Bonchev–Trinajstić information content (AvgIpc) is 3.60. The Labute approximate surface area is 251 Å². The van der Waals surface area contributed by atoms with Gasteiger partial charge in [-0.3, -0.25) is 9.36 Å². The minimum atomic E-state index is -0.851. The van der Waals surface area contributed by atoms with Crippen molar-refractivity contribution in [2.45, 2.75) is 26.8 Å². The third-order valence-corrected chi connectivity index (χ3v) is 7.79. The Balaban J connectivity index is 1.61. The molecule has 5 rings (SSSR count). The predicted octanol–water partition coefficient (Wildman–Crippen LogP) is 4.25. The third-order valence-electron chi connectivity index (χ3n) is 6.81. The van der Waals surface area contributed by atoms with E-state index >= 15 is 0 Å². The molecule has 0 amide bonds. The van der Waals surface area contributed by atoms with Crippen LogP contribution in [0.25, 0.3) is 17.4 Å². The number of hydrogen-bond acceptors (Lipinski definition) is 10. The van der Waals surface area contributed by atoms with Crippen molar-refractivity contribution in [3.63, 3.8) is 0 Å². The molecule has 1 aliphatic rings. The summed E-state index contributed by atoms with van der Waals surface area (Å²) >= 11 is 1.18. The first-order valence-corrected chi connectivity index (χ1v) is 14.4. The van der Waals surface area contributed by atoms with Gasteiger partial charge < -0.3 is 23.4 Å². The van der Waals surface area contributed by atoms with Gasteiger partial charge in [-0.15, -0.1) is 0 Å². The predicted molar refractivity (Wildman–Crippen MR) is 160 cm³/mol. The molecule has 0 saturated heterocycles. The lowest BCUT2D eigenvalue weighted by atomic mass is 9.95. The molecule has 222 valence electrons. The van der Waals surface area contributed by atoms with Gasteiger partial charge in [0.15, 0.2) is 4.80 Å². The molecule has 10 nitrogen and oxygen atoms in total. The average molecular weight is 603 g/mol. The topological polar surface area (TPSA) is 119 Å². The number of carbonyl (C=O) groups is 2. The summed E-state index contributed by atoms with van der Waals surface area (Å²) in [5.41, 5.74) is 2.00. The van der Waals surface area contributed by atoms with Gasteiger partial charge in [0.1, 0.15) is 29.1 Å². The lowest BCUT2D eigenvalue weighted by Gasteiger charge is -2.26. The normalized spacial score (nSPS) is 14.6. The minimum absolute atomic E-state index is 0.163. The van der Waals surface area contributed by atoms with E-state index in [1.165, 1.54) is 23.0 Å². The van der Waals surface area contributed by atoms with Crippen LogP contribution in [0.4, 0.5) is 0 Å². The first-order valence-electron chi connectivity index (χ1n) is 13.6. The van der Waals surface area contributed by atoms with Gasteiger partial charge in [0, 0.05) is 23.3 Å². The number of fused-ring (bicyclic) bond motifs is 1. The summed E-state index contributed by atoms with van der Waals surface area (Å²) in [6.07, 6.45) is 1.63. The number of hydrogen-bond donors (Lipinski definition) is 0. The van der Waals surface area contributed by atoms with Gasteiger partial charge in [0.2, 0.25) is 0 Å². The van der Waals surface area contributed by atoms with E-state index in [-0.39, 0.29) is 24.3 Å². The highest BCUT2D eigenvalue weighted by atomic mass is 32.1. The molecule has 0 radical (unpaired) electrons. The van der Waals surface area contributed by atoms with E-state index in [4.69, 9.17) is 23.4 Å². The summed E-state index contributed by atoms with van der Waals surface area (Å²) in [6, 6.07) is 14.8. The number of thiazole rings is 1. The highest BCUT2D eigenvalue weighted by Gasteiger charge is 2.35. The number of ether oxygens (including phenoxy) is 4. The van der Waals surface area contributed by atoms with E-state index in [1.807, 2.05) is 6.07 Å². The molecule has 3 heterocycles. The van der Waals surface area contributed by atoms with Crippen molar-refractivity contribution < 1.29 is 33.0 Å². The second-order valence-electron chi connectivity index (χ2n) is 9.41. The van der Waals surface area contributed by atoms with Crippen LogP contribution in [0.15, 0.2) is 80.1 Å². The van der Waals surface area contributed by atoms with Crippen molar-refractivity contribution in [1.29, 1.82) is 0 Å². The molecule has 1 aliphatic heterocycles. The van der Waals surface area contributed by atoms with E-state index in [0.717, 1.165) is 0 Å². The fraction of sp³-hybridized carbons (Fsp3) is 0.250. The fourth-order valence-electron chi connectivity index (χ4n) is 4.86. The highest BCUT2D eigenvalue weighted by Crippen LogP contribution is 2.37. The zero-order valence-corrected chi connectivity index (χ0v) is 25.2. The van der Waals surface area contributed by atoms with Gasteiger partial charge >= 0.3 is 11.9 Å². The lowest BCUT2D eigenvalue weighted by Crippen LogP contribution is -2.40. The van der Waals surface area contributed by atoms with Crippen LogP contribution in [0.2, 0.25) is 0 Å². The first kappa shape index (κ1) is 29.6. The maximum atomic E-state index is 14.0. The molecular weight excluding hydrogens is 572 g/mol. The van der Waals surface area contributed by atoms with Crippen molar-refractivity contribution in [3.05, 3.63) is 102 Å². The molecule has 1 atom stereocenters. The summed E-state index contributed by atoms with van der Waals surface area (Å²) in [4.78, 5) is 44.4. The van der Waals surface area contributed by atoms with Crippen LogP contribution in [-0.4, -0.2) is 43.9 Å². The zero-order chi connectivity index (χ0) is 30.7. The van der Waals surface area contributed by atoms with Crippen molar-refractivity contribution in [1.82, 2.24) is 4.57 Å². The number of allylic oxidation sites excluding steroid dienone is 1. The Morgan fingerprint density at radius 2 is 1.77 bits per heavy atom. The molecule has 4 aromatic rings. The fourth-order valence-corrected chi connectivity index (χ4v) is 5.89. The summed E-state index contributed by atoms with van der Waals surface area (Å²) in [7, 11) is 3.06. The highest BCUT2D eigenvalue weighted by molar-refractivity contribution is 7.07. The van der Waals surface area contributed by atoms with Crippen LogP contribution in [0, 0.1) is 0 Å². The summed E-state index contributed by atoms with van der Waals surface area (Å²) < 4.78 is 29.4. The number of furan rings is 1. The van der Waals surface area contributed by atoms with Gasteiger partial charge in [-0.05, 0) is 57.2 Å². The molecule has 0 saturated carbocycles. The number of nitrogens with zero attached hydrogens (tertiary/aromatic N) is 2. The van der Waals surface area contributed by atoms with Crippen molar-refractivity contribution in [3.8, 4) is 22.8 Å². The molecule has 2 aromatic heterocycles. The van der Waals surface area contributed by atoms with E-state index in [9.17, 15) is 14.4 Å². The SMILES string of the molecule is CCOC(=O)C1=C(C)N=c2s/c(=C\c3ccc(-c4cccc(C(=O)OCC)c4)o3)c(=O)n2C1c1ccc(OC)cc1OC. The van der Waals surface area contributed by atoms with Gasteiger partial charge in [-0.1, -0.05) is 23.5 Å². The van der Waals surface area contributed by atoms with Crippen LogP contribution in [0.5, 0.6) is 11.5 Å². The van der Waals surface area contributed by atoms with Crippen LogP contribution < -0.4 is 24.4 Å². The number of aromatic nitrogens is 1. The van der Waals surface area contributed by atoms with Crippen molar-refractivity contribution >= 4 is 29.4 Å². The molecule has 0 N–H and O–H groups in total. The van der Waals surface area contributed by atoms with E-state index in [2.05, 4.69) is 4.99 Å². The maximum Gasteiger partial charge on any atom is 0.338 e. The monoisotopic (exact) mass is 602 g/mol. The summed E-state index contributed by atoms with van der Waals surface area (Å²) in [5.74, 6) is 0.969. The number of benzene rings is 2. The van der Waals surface area contributed by atoms with E-state index < -0.39 is 18.0 Å². The van der Waals surface area contributed by atoms with Gasteiger partial charge in [-0.2, -0.15) is 0 Å². The number of rotatable bonds is 9. The Morgan fingerprint density at radius 3 is 2.49 bits per heavy atom. The molecule has 0 spiro atoms. The third kappa shape index (κ3) is 5.76. The molecular formula is C32H30N2O8S. The largest absolute Gasteiger partial charge is 0.497 e. The van der Waals surface area contributed by atoms with Crippen molar-refractivity contribution in [2.75, 3.05) is 27.4 Å². The molecule has 1 unspecified atom stereocenters. The number of methoxy groups -OCH3 is 2. The van der Waals surface area contributed by atoms with Gasteiger partial charge in [0.25, 0.3) is 5.56 Å². The molecule has 2 aromatic carbocycles. The molecule has 0 bridgehead atoms. The van der Waals surface area contributed by atoms with Crippen LogP contribution in [0.1, 0.15) is 48.5 Å². The Bertz CT molecular complexity index is 1910. The Kier molecular flexibility index (Phi) is 8.63. The first-order chi connectivity index (χ1) is 20.8. The second-order valence-corrected chi connectivity index (χ2v) is 10.4. The van der Waals surface area contributed by atoms with Gasteiger partial charge in [0.05, 0.1) is 48.8 Å². The van der Waals surface area contributed by atoms with Crippen molar-refractivity contribution in [2.24, 2.45) is 4.99 Å². The summed E-state index contributed by atoms with van der Waals surface area (Å²) in [5, 5.41) is 0. The Hall–Kier alpha value is -4.90. The molecule has 43 heavy (non-hydrogen) atoms. The van der Waals surface area contributed by atoms with Crippen LogP contribution in [-0.2, 0) is 14.3 Å².